The van der Waals surface area contributed by atoms with Gasteiger partial charge in [0.1, 0.15) is 18.1 Å². The first kappa shape index (κ1) is 18.5. The molecule has 1 unspecified atom stereocenters. The number of aromatic nitrogens is 3. The second-order valence-corrected chi connectivity index (χ2v) is 7.55. The molecule has 6 heteroatoms. The van der Waals surface area contributed by atoms with Crippen molar-refractivity contribution >= 4 is 21.8 Å². The molecule has 0 spiro atoms. The Bertz CT molecular complexity index is 1370. The van der Waals surface area contributed by atoms with Crippen molar-refractivity contribution in [3.05, 3.63) is 95.6 Å². The van der Waals surface area contributed by atoms with Crippen LogP contribution in [0.15, 0.2) is 73.1 Å². The van der Waals surface area contributed by atoms with Gasteiger partial charge in [-0.3, -0.25) is 0 Å². The summed E-state index contributed by atoms with van der Waals surface area (Å²) in [5, 5.41) is 17.3. The average molecular weight is 403 g/mol. The fourth-order valence-electron chi connectivity index (χ4n) is 3.97. The highest BCUT2D eigenvalue weighted by atomic mass is 19.1. The van der Waals surface area contributed by atoms with Crippen LogP contribution < -0.4 is 0 Å². The Hall–Kier alpha value is -3.51. The van der Waals surface area contributed by atoms with Crippen LogP contribution in [0, 0.1) is 12.7 Å². The Kier molecular flexibility index (Phi) is 4.18. The molecule has 5 aromatic rings. The standard InChI is InChI=1S/C24H19F2N3O/c1-15-2-8-20-21(13-27-22(20)10-15)24(30,14-25)17-3-9-23-16(11-17)12-28-29(23)19-6-4-18(26)5-7-19/h2-13,27,30H,14H2,1H3. The highest BCUT2D eigenvalue weighted by Gasteiger charge is 2.34. The quantitative estimate of drug-likeness (QED) is 0.436. The van der Waals surface area contributed by atoms with E-state index < -0.39 is 12.3 Å². The van der Waals surface area contributed by atoms with Crippen LogP contribution in [0.1, 0.15) is 16.7 Å². The molecule has 0 saturated heterocycles. The smallest absolute Gasteiger partial charge is 0.145 e. The van der Waals surface area contributed by atoms with Gasteiger partial charge in [0.05, 0.1) is 17.4 Å². The molecule has 0 radical (unpaired) electrons. The lowest BCUT2D eigenvalue weighted by atomic mass is 9.86. The van der Waals surface area contributed by atoms with E-state index in [1.165, 1.54) is 12.1 Å². The number of nitrogens with one attached hydrogen (secondary N) is 1. The molecule has 30 heavy (non-hydrogen) atoms. The van der Waals surface area contributed by atoms with Crippen LogP contribution >= 0.6 is 0 Å². The van der Waals surface area contributed by atoms with Gasteiger partial charge in [0.25, 0.3) is 0 Å². The van der Waals surface area contributed by atoms with Gasteiger partial charge in [-0.15, -0.1) is 0 Å². The Labute approximate surface area is 171 Å². The summed E-state index contributed by atoms with van der Waals surface area (Å²) < 4.78 is 29.2. The Morgan fingerprint density at radius 1 is 1.07 bits per heavy atom. The number of nitrogens with zero attached hydrogens (tertiary/aromatic N) is 2. The van der Waals surface area contributed by atoms with Gasteiger partial charge in [-0.05, 0) is 60.5 Å². The summed E-state index contributed by atoms with van der Waals surface area (Å²) in [6, 6.07) is 17.1. The monoisotopic (exact) mass is 403 g/mol. The van der Waals surface area contributed by atoms with E-state index in [1.54, 1.807) is 47.4 Å². The first-order valence-electron chi connectivity index (χ1n) is 9.60. The number of hydrogen-bond acceptors (Lipinski definition) is 2. The molecule has 5 rings (SSSR count). The number of alkyl halides is 1. The van der Waals surface area contributed by atoms with Gasteiger partial charge < -0.3 is 10.1 Å². The van der Waals surface area contributed by atoms with Crippen LogP contribution in [0.4, 0.5) is 8.78 Å². The van der Waals surface area contributed by atoms with Gasteiger partial charge in [-0.2, -0.15) is 5.10 Å². The fraction of sp³-hybridized carbons (Fsp3) is 0.125. The van der Waals surface area contributed by atoms with Crippen molar-refractivity contribution in [3.8, 4) is 5.69 Å². The molecule has 0 amide bonds. The van der Waals surface area contributed by atoms with Crippen molar-refractivity contribution in [1.29, 1.82) is 0 Å². The summed E-state index contributed by atoms with van der Waals surface area (Å²) in [7, 11) is 0. The van der Waals surface area contributed by atoms with E-state index in [0.717, 1.165) is 27.4 Å². The molecule has 0 fully saturated rings. The maximum atomic E-state index is 14.3. The molecule has 1 atom stereocenters. The second kappa shape index (κ2) is 6.78. The number of aliphatic hydroxyl groups is 1. The van der Waals surface area contributed by atoms with Crippen molar-refractivity contribution in [2.75, 3.05) is 6.67 Å². The van der Waals surface area contributed by atoms with Gasteiger partial charge in [0, 0.05) is 28.0 Å². The predicted molar refractivity (Wildman–Crippen MR) is 113 cm³/mol. The van der Waals surface area contributed by atoms with E-state index in [-0.39, 0.29) is 5.82 Å². The van der Waals surface area contributed by atoms with Crippen molar-refractivity contribution < 1.29 is 13.9 Å². The zero-order chi connectivity index (χ0) is 20.9. The minimum atomic E-state index is -1.79. The minimum Gasteiger partial charge on any atom is -0.378 e. The van der Waals surface area contributed by atoms with Gasteiger partial charge >= 0.3 is 0 Å². The molecule has 2 heterocycles. The molecule has 4 nitrogen and oxygen atoms in total. The molecule has 0 aliphatic rings. The molecular weight excluding hydrogens is 384 g/mol. The number of aromatic amines is 1. The third-order valence-corrected chi connectivity index (χ3v) is 5.59. The molecule has 0 saturated carbocycles. The number of hydrogen-bond donors (Lipinski definition) is 2. The van der Waals surface area contributed by atoms with Crippen molar-refractivity contribution in [2.24, 2.45) is 0 Å². The number of fused-ring (bicyclic) bond motifs is 2. The van der Waals surface area contributed by atoms with Crippen LogP contribution in [-0.4, -0.2) is 26.5 Å². The minimum absolute atomic E-state index is 0.320. The molecule has 0 aliphatic carbocycles. The lowest BCUT2D eigenvalue weighted by molar-refractivity contribution is 0.0534. The summed E-state index contributed by atoms with van der Waals surface area (Å²) >= 11 is 0. The van der Waals surface area contributed by atoms with E-state index in [0.29, 0.717) is 16.8 Å². The first-order valence-corrected chi connectivity index (χ1v) is 9.60. The van der Waals surface area contributed by atoms with E-state index >= 15 is 0 Å². The summed E-state index contributed by atoms with van der Waals surface area (Å²) in [4.78, 5) is 3.13. The summed E-state index contributed by atoms with van der Waals surface area (Å²) in [6.07, 6.45) is 3.31. The molecule has 0 bridgehead atoms. The largest absolute Gasteiger partial charge is 0.378 e. The maximum Gasteiger partial charge on any atom is 0.145 e. The maximum absolute atomic E-state index is 14.3. The van der Waals surface area contributed by atoms with Crippen LogP contribution in [0.2, 0.25) is 0 Å². The van der Waals surface area contributed by atoms with Crippen molar-refractivity contribution in [2.45, 2.75) is 12.5 Å². The van der Waals surface area contributed by atoms with E-state index in [2.05, 4.69) is 10.1 Å². The lowest BCUT2D eigenvalue weighted by Gasteiger charge is -2.25. The predicted octanol–water partition coefficient (Wildman–Crippen LogP) is 5.16. The van der Waals surface area contributed by atoms with Crippen molar-refractivity contribution in [1.82, 2.24) is 14.8 Å². The number of rotatable bonds is 4. The number of benzene rings is 3. The SMILES string of the molecule is Cc1ccc2c(C(O)(CF)c3ccc4c(cnn4-c4ccc(F)cc4)c3)c[nH]c2c1. The van der Waals surface area contributed by atoms with Crippen LogP contribution in [0.5, 0.6) is 0 Å². The van der Waals surface area contributed by atoms with Crippen molar-refractivity contribution in [3.63, 3.8) is 0 Å². The first-order chi connectivity index (χ1) is 14.5. The highest BCUT2D eigenvalue weighted by Crippen LogP contribution is 2.37. The molecule has 0 aliphatic heterocycles. The van der Waals surface area contributed by atoms with Crippen LogP contribution in [0.25, 0.3) is 27.5 Å². The number of aryl methyl sites for hydroxylation is 1. The zero-order valence-corrected chi connectivity index (χ0v) is 16.2. The summed E-state index contributed by atoms with van der Waals surface area (Å²) in [6.45, 7) is 1.01. The lowest BCUT2D eigenvalue weighted by Crippen LogP contribution is -2.29. The molecule has 150 valence electrons. The third-order valence-electron chi connectivity index (χ3n) is 5.59. The average Bonchev–Trinajstić information content (AvgIpc) is 3.37. The molecule has 3 aromatic carbocycles. The van der Waals surface area contributed by atoms with Gasteiger partial charge in [0.15, 0.2) is 0 Å². The fourth-order valence-corrected chi connectivity index (χ4v) is 3.97. The topological polar surface area (TPSA) is 53.8 Å². The normalized spacial score (nSPS) is 13.7. The Morgan fingerprint density at radius 3 is 2.63 bits per heavy atom. The summed E-state index contributed by atoms with van der Waals surface area (Å²) in [5.74, 6) is -0.320. The summed E-state index contributed by atoms with van der Waals surface area (Å²) in [5.41, 5.74) is 2.56. The number of halogens is 2. The van der Waals surface area contributed by atoms with Crippen LogP contribution in [0.3, 0.4) is 0 Å². The van der Waals surface area contributed by atoms with Gasteiger partial charge in [-0.1, -0.05) is 18.2 Å². The molecule has 2 N–H and O–H groups in total. The Balaban J connectivity index is 1.62. The number of H-pyrrole nitrogens is 1. The van der Waals surface area contributed by atoms with E-state index in [1.807, 2.05) is 25.1 Å². The van der Waals surface area contributed by atoms with E-state index in [9.17, 15) is 13.9 Å². The Morgan fingerprint density at radius 2 is 1.87 bits per heavy atom. The van der Waals surface area contributed by atoms with Gasteiger partial charge in [0.2, 0.25) is 0 Å². The third kappa shape index (κ3) is 2.80. The molecular formula is C24H19F2N3O. The van der Waals surface area contributed by atoms with E-state index in [4.69, 9.17) is 0 Å². The molecule has 2 aromatic heterocycles. The zero-order valence-electron chi connectivity index (χ0n) is 16.2. The van der Waals surface area contributed by atoms with Gasteiger partial charge in [-0.25, -0.2) is 13.5 Å². The van der Waals surface area contributed by atoms with Crippen LogP contribution in [-0.2, 0) is 5.60 Å². The highest BCUT2D eigenvalue weighted by molar-refractivity contribution is 5.86. The second-order valence-electron chi connectivity index (χ2n) is 7.55.